The zero-order valence-corrected chi connectivity index (χ0v) is 13.5. The Kier molecular flexibility index (Phi) is 4.29. The molecule has 0 atom stereocenters. The van der Waals surface area contributed by atoms with Gasteiger partial charge in [0.25, 0.3) is 0 Å². The maximum Gasteiger partial charge on any atom is 0.387 e. The number of aliphatic imine (C=N–C) groups is 2. The van der Waals surface area contributed by atoms with Crippen molar-refractivity contribution in [1.29, 1.82) is 0 Å². The molecule has 3 rings (SSSR count). The number of anilines is 1. The Bertz CT molecular complexity index is 683. The van der Waals surface area contributed by atoms with Gasteiger partial charge in [-0.05, 0) is 50.3 Å². The van der Waals surface area contributed by atoms with Crippen LogP contribution in [0, 0.1) is 6.92 Å². The van der Waals surface area contributed by atoms with E-state index in [1.54, 1.807) is 17.0 Å². The molecule has 8 heteroatoms. The van der Waals surface area contributed by atoms with Crippen molar-refractivity contribution < 1.29 is 13.5 Å². The van der Waals surface area contributed by atoms with Gasteiger partial charge >= 0.3 is 6.61 Å². The van der Waals surface area contributed by atoms with Crippen molar-refractivity contribution in [1.82, 2.24) is 0 Å². The van der Waals surface area contributed by atoms with Crippen molar-refractivity contribution in [2.24, 2.45) is 21.5 Å². The summed E-state index contributed by atoms with van der Waals surface area (Å²) in [7, 11) is 0. The molecule has 1 heterocycles. The summed E-state index contributed by atoms with van der Waals surface area (Å²) in [6.45, 7) is -1.12. The van der Waals surface area contributed by atoms with Crippen molar-refractivity contribution in [3.63, 3.8) is 0 Å². The molecule has 1 aromatic rings. The fraction of sp³-hybridized carbons (Fsp3) is 0.500. The summed E-state index contributed by atoms with van der Waals surface area (Å²) in [6, 6.07) is 5.09. The minimum atomic E-state index is -2.93. The number of guanidine groups is 2. The molecule has 130 valence electrons. The van der Waals surface area contributed by atoms with Gasteiger partial charge in [-0.3, -0.25) is 4.90 Å². The van der Waals surface area contributed by atoms with Gasteiger partial charge in [0.05, 0.1) is 5.69 Å². The van der Waals surface area contributed by atoms with Crippen molar-refractivity contribution in [3.05, 3.63) is 23.8 Å². The third-order valence-corrected chi connectivity index (χ3v) is 4.42. The van der Waals surface area contributed by atoms with E-state index < -0.39 is 12.3 Å². The van der Waals surface area contributed by atoms with E-state index in [9.17, 15) is 8.78 Å². The van der Waals surface area contributed by atoms with Crippen LogP contribution >= 0.6 is 0 Å². The van der Waals surface area contributed by atoms with Crippen LogP contribution in [0.5, 0.6) is 5.75 Å². The average molecular weight is 337 g/mol. The zero-order valence-electron chi connectivity index (χ0n) is 13.5. The number of rotatable bonds is 3. The minimum Gasteiger partial charge on any atom is -0.433 e. The normalized spacial score (nSPS) is 20.1. The second kappa shape index (κ2) is 6.26. The summed E-state index contributed by atoms with van der Waals surface area (Å²) in [5.41, 5.74) is 12.5. The summed E-state index contributed by atoms with van der Waals surface area (Å²) in [6.07, 6.45) is 4.46. The summed E-state index contributed by atoms with van der Waals surface area (Å²) in [5, 5.41) is 0. The molecule has 0 saturated heterocycles. The van der Waals surface area contributed by atoms with Crippen LogP contribution in [-0.2, 0) is 0 Å². The molecule has 4 N–H and O–H groups in total. The van der Waals surface area contributed by atoms with Gasteiger partial charge in [0.2, 0.25) is 11.9 Å². The Morgan fingerprint density at radius 2 is 1.92 bits per heavy atom. The molecule has 0 aromatic heterocycles. The Morgan fingerprint density at radius 3 is 2.58 bits per heavy atom. The molecule has 1 spiro atoms. The fourth-order valence-corrected chi connectivity index (χ4v) is 3.47. The van der Waals surface area contributed by atoms with Crippen molar-refractivity contribution in [2.45, 2.75) is 51.3 Å². The average Bonchev–Trinajstić information content (AvgIpc) is 2.49. The first kappa shape index (κ1) is 16.5. The first-order chi connectivity index (χ1) is 11.4. The molecule has 1 fully saturated rings. The second-order valence-electron chi connectivity index (χ2n) is 6.17. The third kappa shape index (κ3) is 3.00. The number of nitrogens with two attached hydrogens (primary N) is 2. The van der Waals surface area contributed by atoms with Crippen LogP contribution in [0.15, 0.2) is 28.2 Å². The zero-order chi connectivity index (χ0) is 17.3. The fourth-order valence-electron chi connectivity index (χ4n) is 3.47. The number of hydrogen-bond donors (Lipinski definition) is 2. The molecule has 0 amide bonds. The van der Waals surface area contributed by atoms with Crippen molar-refractivity contribution in [2.75, 3.05) is 4.90 Å². The Morgan fingerprint density at radius 1 is 1.21 bits per heavy atom. The largest absolute Gasteiger partial charge is 0.433 e. The van der Waals surface area contributed by atoms with Gasteiger partial charge in [-0.1, -0.05) is 12.5 Å². The molecule has 1 saturated carbocycles. The Labute approximate surface area is 139 Å². The van der Waals surface area contributed by atoms with Gasteiger partial charge in [0.15, 0.2) is 0 Å². The van der Waals surface area contributed by atoms with Crippen LogP contribution in [0.3, 0.4) is 0 Å². The SMILES string of the molecule is Cc1ccc(N2C(N)=NC(N)=NC23CCCCC3)c(OC(F)F)c1. The highest BCUT2D eigenvalue weighted by Gasteiger charge is 2.43. The van der Waals surface area contributed by atoms with Gasteiger partial charge in [-0.2, -0.15) is 13.8 Å². The quantitative estimate of drug-likeness (QED) is 0.887. The molecule has 1 aliphatic heterocycles. The molecular formula is C16H21F2N5O. The second-order valence-corrected chi connectivity index (χ2v) is 6.17. The molecule has 24 heavy (non-hydrogen) atoms. The predicted molar refractivity (Wildman–Crippen MR) is 89.4 cm³/mol. The van der Waals surface area contributed by atoms with E-state index in [4.69, 9.17) is 16.2 Å². The summed E-state index contributed by atoms with van der Waals surface area (Å²) in [4.78, 5) is 10.3. The van der Waals surface area contributed by atoms with E-state index in [2.05, 4.69) is 9.98 Å². The first-order valence-corrected chi connectivity index (χ1v) is 7.96. The molecule has 1 aliphatic carbocycles. The topological polar surface area (TPSA) is 89.2 Å². The maximum absolute atomic E-state index is 12.8. The number of benzene rings is 1. The lowest BCUT2D eigenvalue weighted by Gasteiger charge is -2.45. The number of alkyl halides is 2. The predicted octanol–water partition coefficient (Wildman–Crippen LogP) is 2.71. The van der Waals surface area contributed by atoms with E-state index in [1.165, 1.54) is 0 Å². The molecular weight excluding hydrogens is 316 g/mol. The van der Waals surface area contributed by atoms with E-state index in [1.807, 2.05) is 13.0 Å². The van der Waals surface area contributed by atoms with Crippen LogP contribution in [0.1, 0.15) is 37.7 Å². The Hall–Kier alpha value is -2.38. The van der Waals surface area contributed by atoms with Gasteiger partial charge in [0, 0.05) is 0 Å². The van der Waals surface area contributed by atoms with Crippen LogP contribution in [0.4, 0.5) is 14.5 Å². The van der Waals surface area contributed by atoms with E-state index in [-0.39, 0.29) is 17.7 Å². The number of nitrogens with zero attached hydrogens (tertiary/aromatic N) is 3. The summed E-state index contributed by atoms with van der Waals surface area (Å²) < 4.78 is 30.4. The third-order valence-electron chi connectivity index (χ3n) is 4.42. The molecule has 6 nitrogen and oxygen atoms in total. The minimum absolute atomic E-state index is 0.0590. The number of hydrogen-bond acceptors (Lipinski definition) is 6. The van der Waals surface area contributed by atoms with Crippen molar-refractivity contribution in [3.8, 4) is 5.75 Å². The van der Waals surface area contributed by atoms with E-state index in [0.717, 1.165) is 37.7 Å². The molecule has 0 radical (unpaired) electrons. The van der Waals surface area contributed by atoms with Crippen LogP contribution in [0.25, 0.3) is 0 Å². The molecule has 1 aromatic carbocycles. The van der Waals surface area contributed by atoms with Crippen LogP contribution < -0.4 is 21.1 Å². The van der Waals surface area contributed by atoms with Crippen LogP contribution in [-0.4, -0.2) is 24.2 Å². The lowest BCUT2D eigenvalue weighted by Crippen LogP contribution is -2.58. The number of aryl methyl sites for hydroxylation is 1. The van der Waals surface area contributed by atoms with E-state index in [0.29, 0.717) is 5.69 Å². The molecule has 2 aliphatic rings. The smallest absolute Gasteiger partial charge is 0.387 e. The molecule has 0 unspecified atom stereocenters. The molecule has 0 bridgehead atoms. The van der Waals surface area contributed by atoms with Gasteiger partial charge in [0.1, 0.15) is 11.4 Å². The lowest BCUT2D eigenvalue weighted by molar-refractivity contribution is -0.0496. The highest BCUT2D eigenvalue weighted by atomic mass is 19.3. The summed E-state index contributed by atoms with van der Waals surface area (Å²) in [5.74, 6) is 0.324. The van der Waals surface area contributed by atoms with Crippen LogP contribution in [0.2, 0.25) is 0 Å². The monoisotopic (exact) mass is 337 g/mol. The standard InChI is InChI=1S/C16H21F2N5O/c1-10-5-6-11(12(9-10)24-13(17)18)23-15(20)21-14(19)22-16(23)7-3-2-4-8-16/h5-6,9,13H,2-4,7-8H2,1H3,(H4,19,20,21,22). The van der Waals surface area contributed by atoms with Gasteiger partial charge in [-0.25, -0.2) is 4.99 Å². The summed E-state index contributed by atoms with van der Waals surface area (Å²) >= 11 is 0. The van der Waals surface area contributed by atoms with Gasteiger partial charge in [-0.15, -0.1) is 0 Å². The van der Waals surface area contributed by atoms with Gasteiger partial charge < -0.3 is 16.2 Å². The van der Waals surface area contributed by atoms with E-state index >= 15 is 0 Å². The maximum atomic E-state index is 12.8. The highest BCUT2D eigenvalue weighted by molar-refractivity contribution is 6.06. The first-order valence-electron chi connectivity index (χ1n) is 7.96. The highest BCUT2D eigenvalue weighted by Crippen LogP contribution is 2.43. The number of halogens is 2. The number of ether oxygens (including phenoxy) is 1. The lowest BCUT2D eigenvalue weighted by atomic mass is 9.87. The van der Waals surface area contributed by atoms with Crippen molar-refractivity contribution >= 4 is 17.6 Å². The Balaban J connectivity index is 2.10.